The molecule has 0 aliphatic heterocycles. The maximum Gasteiger partial charge on any atom is 0.344 e. The summed E-state index contributed by atoms with van der Waals surface area (Å²) >= 11 is 9.85. The van der Waals surface area contributed by atoms with E-state index < -0.39 is 12.1 Å². The van der Waals surface area contributed by atoms with Crippen molar-refractivity contribution in [2.75, 3.05) is 0 Å². The molecule has 0 amide bonds. The van der Waals surface area contributed by atoms with Crippen molar-refractivity contribution in [1.82, 2.24) is 0 Å². The number of hydrogen-bond acceptors (Lipinski definition) is 3. The lowest BCUT2D eigenvalue weighted by Crippen LogP contribution is -2.22. The molecule has 0 saturated carbocycles. The van der Waals surface area contributed by atoms with Crippen molar-refractivity contribution >= 4 is 30.2 Å². The summed E-state index contributed by atoms with van der Waals surface area (Å²) in [5, 5.41) is 9.03. The first-order chi connectivity index (χ1) is 6.50. The van der Waals surface area contributed by atoms with Gasteiger partial charge in [0.2, 0.25) is 0 Å². The molecule has 5 heteroatoms. The van der Waals surface area contributed by atoms with Gasteiger partial charge in [-0.3, -0.25) is 0 Å². The summed E-state index contributed by atoms with van der Waals surface area (Å²) in [5.41, 5.74) is 0. The number of halogens is 1. The average molecular weight is 233 g/mol. The lowest BCUT2D eigenvalue weighted by molar-refractivity contribution is -0.144. The fraction of sp³-hybridized carbons (Fsp3) is 0.222. The third kappa shape index (κ3) is 2.82. The van der Waals surface area contributed by atoms with Crippen molar-refractivity contribution in [2.24, 2.45) is 0 Å². The summed E-state index contributed by atoms with van der Waals surface area (Å²) in [6.07, 6.45) is -0.892. The first kappa shape index (κ1) is 11.2. The fourth-order valence-corrected chi connectivity index (χ4v) is 1.13. The largest absolute Gasteiger partial charge is 0.479 e. The van der Waals surface area contributed by atoms with E-state index in [1.54, 1.807) is 12.1 Å². The van der Waals surface area contributed by atoms with E-state index in [0.717, 1.165) is 0 Å². The molecule has 0 fully saturated rings. The van der Waals surface area contributed by atoms with Gasteiger partial charge in [0.05, 0.1) is 5.02 Å². The summed E-state index contributed by atoms with van der Waals surface area (Å²) < 4.78 is 5.09. The van der Waals surface area contributed by atoms with Gasteiger partial charge in [-0.25, -0.2) is 4.79 Å². The van der Waals surface area contributed by atoms with Gasteiger partial charge in [-0.05, 0) is 25.1 Å². The van der Waals surface area contributed by atoms with E-state index in [-0.39, 0.29) is 0 Å². The third-order valence-electron chi connectivity index (χ3n) is 1.58. The number of carboxylic acid groups (broad SMARTS) is 1. The van der Waals surface area contributed by atoms with E-state index >= 15 is 0 Å². The molecular formula is C9H9ClO3S. The molecule has 0 aliphatic carbocycles. The SMILES string of the molecule is CC(Oc1ccc(S)c(Cl)c1)C(=O)O. The molecule has 0 spiro atoms. The zero-order valence-electron chi connectivity index (χ0n) is 7.40. The smallest absolute Gasteiger partial charge is 0.344 e. The molecule has 1 unspecified atom stereocenters. The van der Waals surface area contributed by atoms with Crippen LogP contribution >= 0.6 is 24.2 Å². The number of thiol groups is 1. The van der Waals surface area contributed by atoms with Gasteiger partial charge < -0.3 is 9.84 Å². The van der Waals surface area contributed by atoms with E-state index in [9.17, 15) is 4.79 Å². The van der Waals surface area contributed by atoms with Gasteiger partial charge in [-0.15, -0.1) is 12.6 Å². The molecule has 0 saturated heterocycles. The molecule has 1 aromatic carbocycles. The van der Waals surface area contributed by atoms with Gasteiger partial charge in [0.25, 0.3) is 0 Å². The van der Waals surface area contributed by atoms with Gasteiger partial charge in [0.1, 0.15) is 5.75 Å². The molecule has 0 heterocycles. The van der Waals surface area contributed by atoms with E-state index in [1.165, 1.54) is 13.0 Å². The maximum absolute atomic E-state index is 10.5. The van der Waals surface area contributed by atoms with Gasteiger partial charge in [-0.1, -0.05) is 11.6 Å². The molecule has 0 bridgehead atoms. The van der Waals surface area contributed by atoms with Gasteiger partial charge >= 0.3 is 5.97 Å². The Morgan fingerprint density at radius 2 is 2.29 bits per heavy atom. The monoisotopic (exact) mass is 232 g/mol. The van der Waals surface area contributed by atoms with Crippen molar-refractivity contribution < 1.29 is 14.6 Å². The van der Waals surface area contributed by atoms with Crippen LogP contribution in [0.3, 0.4) is 0 Å². The Kier molecular flexibility index (Phi) is 3.66. The van der Waals surface area contributed by atoms with Crippen LogP contribution < -0.4 is 4.74 Å². The van der Waals surface area contributed by atoms with E-state index in [2.05, 4.69) is 12.6 Å². The Labute approximate surface area is 92.1 Å². The van der Waals surface area contributed by atoms with E-state index in [4.69, 9.17) is 21.4 Å². The van der Waals surface area contributed by atoms with Crippen molar-refractivity contribution in [3.63, 3.8) is 0 Å². The standard InChI is InChI=1S/C9H9ClO3S/c1-5(9(11)12)13-6-2-3-8(14)7(10)4-6/h2-5,14H,1H3,(H,11,12). The van der Waals surface area contributed by atoms with Crippen LogP contribution in [0, 0.1) is 0 Å². The minimum absolute atomic E-state index is 0.419. The molecular weight excluding hydrogens is 224 g/mol. The summed E-state index contributed by atoms with van der Waals surface area (Å²) in [6, 6.07) is 4.80. The highest BCUT2D eigenvalue weighted by molar-refractivity contribution is 7.80. The van der Waals surface area contributed by atoms with Gasteiger partial charge in [0.15, 0.2) is 6.10 Å². The highest BCUT2D eigenvalue weighted by atomic mass is 35.5. The Morgan fingerprint density at radius 1 is 1.64 bits per heavy atom. The van der Waals surface area contributed by atoms with Crippen molar-refractivity contribution in [3.8, 4) is 5.75 Å². The predicted molar refractivity (Wildman–Crippen MR) is 56.4 cm³/mol. The number of carboxylic acids is 1. The molecule has 1 aromatic rings. The van der Waals surface area contributed by atoms with Crippen molar-refractivity contribution in [2.45, 2.75) is 17.9 Å². The van der Waals surface area contributed by atoms with Crippen LogP contribution in [0.1, 0.15) is 6.92 Å². The Hall–Kier alpha value is -0.870. The third-order valence-corrected chi connectivity index (χ3v) is 2.41. The minimum atomic E-state index is -1.02. The minimum Gasteiger partial charge on any atom is -0.479 e. The number of carbonyl (C=O) groups is 1. The lowest BCUT2D eigenvalue weighted by atomic mass is 10.3. The van der Waals surface area contributed by atoms with Crippen LogP contribution in [-0.4, -0.2) is 17.2 Å². The Balaban J connectivity index is 2.78. The van der Waals surface area contributed by atoms with Crippen molar-refractivity contribution in [3.05, 3.63) is 23.2 Å². The molecule has 1 rings (SSSR count). The zero-order chi connectivity index (χ0) is 10.7. The molecule has 3 nitrogen and oxygen atoms in total. The van der Waals surface area contributed by atoms with Crippen molar-refractivity contribution in [1.29, 1.82) is 0 Å². The highest BCUT2D eigenvalue weighted by Crippen LogP contribution is 2.25. The van der Waals surface area contributed by atoms with E-state index in [0.29, 0.717) is 15.7 Å². The van der Waals surface area contributed by atoms with Gasteiger partial charge in [0, 0.05) is 4.90 Å². The molecule has 1 N–H and O–H groups in total. The lowest BCUT2D eigenvalue weighted by Gasteiger charge is -2.10. The zero-order valence-corrected chi connectivity index (χ0v) is 9.05. The maximum atomic E-state index is 10.5. The normalized spacial score (nSPS) is 12.2. The number of hydrogen-bond donors (Lipinski definition) is 2. The molecule has 0 radical (unpaired) electrons. The first-order valence-electron chi connectivity index (χ1n) is 3.88. The van der Waals surface area contributed by atoms with Crippen LogP contribution in [0.15, 0.2) is 23.1 Å². The summed E-state index contributed by atoms with van der Waals surface area (Å²) in [4.78, 5) is 11.1. The summed E-state index contributed by atoms with van der Waals surface area (Å²) in [6.45, 7) is 1.45. The average Bonchev–Trinajstić information content (AvgIpc) is 2.11. The summed E-state index contributed by atoms with van der Waals surface area (Å²) in [5.74, 6) is -0.598. The summed E-state index contributed by atoms with van der Waals surface area (Å²) in [7, 11) is 0. The van der Waals surface area contributed by atoms with Crippen LogP contribution in [-0.2, 0) is 4.79 Å². The van der Waals surface area contributed by atoms with Crippen LogP contribution in [0.4, 0.5) is 0 Å². The Bertz CT molecular complexity index is 354. The Morgan fingerprint density at radius 3 is 2.79 bits per heavy atom. The molecule has 0 aromatic heterocycles. The number of rotatable bonds is 3. The predicted octanol–water partition coefficient (Wildman–Crippen LogP) is 2.48. The second kappa shape index (κ2) is 4.57. The quantitative estimate of drug-likeness (QED) is 0.788. The number of aliphatic carboxylic acids is 1. The molecule has 76 valence electrons. The van der Waals surface area contributed by atoms with E-state index in [1.807, 2.05) is 0 Å². The molecule has 1 atom stereocenters. The molecule has 0 aliphatic rings. The highest BCUT2D eigenvalue weighted by Gasteiger charge is 2.12. The van der Waals surface area contributed by atoms with Crippen LogP contribution in [0.5, 0.6) is 5.75 Å². The fourth-order valence-electron chi connectivity index (χ4n) is 0.815. The topological polar surface area (TPSA) is 46.5 Å². The second-order valence-electron chi connectivity index (χ2n) is 2.71. The van der Waals surface area contributed by atoms with Crippen LogP contribution in [0.25, 0.3) is 0 Å². The van der Waals surface area contributed by atoms with Crippen LogP contribution in [0.2, 0.25) is 5.02 Å². The van der Waals surface area contributed by atoms with Gasteiger partial charge in [-0.2, -0.15) is 0 Å². The second-order valence-corrected chi connectivity index (χ2v) is 3.60. The first-order valence-corrected chi connectivity index (χ1v) is 4.71. The number of ether oxygens (including phenoxy) is 1. The number of benzene rings is 1. The molecule has 14 heavy (non-hydrogen) atoms.